The number of unbranched alkanes of at least 4 members (excludes halogenated alkanes) is 4. The Hall–Kier alpha value is -2.88. The van der Waals surface area contributed by atoms with Crippen molar-refractivity contribution in [3.8, 4) is 0 Å². The summed E-state index contributed by atoms with van der Waals surface area (Å²) in [5.41, 5.74) is 2.56. The molecule has 1 aromatic heterocycles. The van der Waals surface area contributed by atoms with E-state index >= 15 is 0 Å². The SMILES string of the molecule is CCCCC1=CC(=CC2=C(O)/C(=C/c3cc(CCCC)[o+]c(CCCC)c3)C2=O)C=C(CCCC)O1. The summed E-state index contributed by atoms with van der Waals surface area (Å²) in [7, 11) is 0. The van der Waals surface area contributed by atoms with Crippen molar-refractivity contribution in [2.24, 2.45) is 0 Å². The van der Waals surface area contributed by atoms with Gasteiger partial charge >= 0.3 is 11.5 Å². The second-order valence-electron chi connectivity index (χ2n) is 9.85. The topological polar surface area (TPSA) is 57.8 Å². The van der Waals surface area contributed by atoms with Crippen LogP contribution < -0.4 is 0 Å². The minimum Gasteiger partial charge on any atom is -0.506 e. The lowest BCUT2D eigenvalue weighted by molar-refractivity contribution is -0.113. The van der Waals surface area contributed by atoms with Gasteiger partial charge in [-0.1, -0.05) is 53.4 Å². The molecule has 36 heavy (non-hydrogen) atoms. The smallest absolute Gasteiger partial charge is 0.330 e. The molecule has 0 saturated carbocycles. The number of Topliss-reactive ketones (excluding diaryl/α,β-unsaturated/α-hetero) is 1. The zero-order valence-corrected chi connectivity index (χ0v) is 22.6. The van der Waals surface area contributed by atoms with E-state index in [0.717, 1.165) is 111 Å². The highest BCUT2D eigenvalue weighted by atomic mass is 16.5. The number of hydrogen-bond acceptors (Lipinski definition) is 3. The fourth-order valence-electron chi connectivity index (χ4n) is 4.39. The normalized spacial score (nSPS) is 16.6. The van der Waals surface area contributed by atoms with Gasteiger partial charge < -0.3 is 9.84 Å². The number of ketones is 1. The van der Waals surface area contributed by atoms with Gasteiger partial charge in [0.25, 0.3) is 0 Å². The number of carbonyl (C=O) groups excluding carboxylic acids is 1. The fraction of sp³-hybridized carbons (Fsp3) is 0.500. The van der Waals surface area contributed by atoms with Crippen molar-refractivity contribution in [2.45, 2.75) is 105 Å². The van der Waals surface area contributed by atoms with Crippen LogP contribution in [0.2, 0.25) is 0 Å². The maximum absolute atomic E-state index is 13.0. The van der Waals surface area contributed by atoms with Crippen LogP contribution in [0.5, 0.6) is 0 Å². The maximum Gasteiger partial charge on any atom is 0.330 e. The van der Waals surface area contributed by atoms with E-state index in [1.165, 1.54) is 0 Å². The number of aryl methyl sites for hydroxylation is 2. The second-order valence-corrected chi connectivity index (χ2v) is 9.85. The Bertz CT molecular complexity index is 1030. The van der Waals surface area contributed by atoms with Gasteiger partial charge in [0.2, 0.25) is 5.78 Å². The molecule has 1 aliphatic carbocycles. The third-order valence-electron chi connectivity index (χ3n) is 6.56. The van der Waals surface area contributed by atoms with Gasteiger partial charge in [0.1, 0.15) is 17.3 Å². The average molecular weight is 492 g/mol. The van der Waals surface area contributed by atoms with Crippen LogP contribution in [0.25, 0.3) is 6.08 Å². The zero-order chi connectivity index (χ0) is 25.9. The summed E-state index contributed by atoms with van der Waals surface area (Å²) in [4.78, 5) is 13.0. The summed E-state index contributed by atoms with van der Waals surface area (Å²) in [6.07, 6.45) is 19.7. The third-order valence-corrected chi connectivity index (χ3v) is 6.56. The molecule has 1 aromatic rings. The van der Waals surface area contributed by atoms with Crippen LogP contribution in [0.3, 0.4) is 0 Å². The summed E-state index contributed by atoms with van der Waals surface area (Å²) in [6, 6.07) is 4.00. The highest BCUT2D eigenvalue weighted by Gasteiger charge is 2.33. The van der Waals surface area contributed by atoms with Crippen LogP contribution in [0.4, 0.5) is 0 Å². The van der Waals surface area contributed by atoms with Crippen LogP contribution >= 0.6 is 0 Å². The lowest BCUT2D eigenvalue weighted by Crippen LogP contribution is -2.21. The van der Waals surface area contributed by atoms with Gasteiger partial charge in [-0.05, 0) is 61.1 Å². The van der Waals surface area contributed by atoms with Crippen molar-refractivity contribution in [3.63, 3.8) is 0 Å². The predicted molar refractivity (Wildman–Crippen MR) is 147 cm³/mol. The largest absolute Gasteiger partial charge is 0.506 e. The molecule has 2 aliphatic rings. The molecule has 4 nitrogen and oxygen atoms in total. The Morgan fingerprint density at radius 3 is 1.75 bits per heavy atom. The van der Waals surface area contributed by atoms with Crippen molar-refractivity contribution in [1.82, 2.24) is 0 Å². The zero-order valence-electron chi connectivity index (χ0n) is 22.6. The van der Waals surface area contributed by atoms with Gasteiger partial charge in [-0.25, -0.2) is 4.42 Å². The molecular formula is C32H43O4+. The lowest BCUT2D eigenvalue weighted by atomic mass is 9.85. The van der Waals surface area contributed by atoms with Crippen molar-refractivity contribution >= 4 is 11.9 Å². The molecule has 194 valence electrons. The molecule has 0 amide bonds. The number of rotatable bonds is 14. The van der Waals surface area contributed by atoms with Gasteiger partial charge in [-0.15, -0.1) is 0 Å². The molecule has 0 spiro atoms. The van der Waals surface area contributed by atoms with Crippen molar-refractivity contribution < 1.29 is 19.1 Å². The molecule has 0 fully saturated rings. The molecule has 0 bridgehead atoms. The monoisotopic (exact) mass is 491 g/mol. The number of carbonyl (C=O) groups is 1. The molecule has 0 unspecified atom stereocenters. The minimum atomic E-state index is -0.121. The summed E-state index contributed by atoms with van der Waals surface area (Å²) in [5.74, 6) is 3.69. The molecule has 2 heterocycles. The summed E-state index contributed by atoms with van der Waals surface area (Å²) in [6.45, 7) is 8.66. The summed E-state index contributed by atoms with van der Waals surface area (Å²) in [5, 5.41) is 10.8. The van der Waals surface area contributed by atoms with Crippen molar-refractivity contribution in [1.29, 1.82) is 0 Å². The number of ether oxygens (including phenoxy) is 1. The van der Waals surface area contributed by atoms with Crippen LogP contribution in [-0.4, -0.2) is 10.9 Å². The van der Waals surface area contributed by atoms with Gasteiger partial charge in [0.15, 0.2) is 0 Å². The summed E-state index contributed by atoms with van der Waals surface area (Å²) < 4.78 is 12.2. The highest BCUT2D eigenvalue weighted by molar-refractivity contribution is 6.23. The molecule has 3 rings (SSSR count). The Balaban J connectivity index is 1.88. The number of aliphatic hydroxyl groups is 1. The van der Waals surface area contributed by atoms with Gasteiger partial charge in [-0.2, -0.15) is 0 Å². The molecule has 0 atom stereocenters. The number of allylic oxidation sites excluding steroid dienone is 8. The Morgan fingerprint density at radius 2 is 1.28 bits per heavy atom. The average Bonchev–Trinajstić information content (AvgIpc) is 2.89. The third kappa shape index (κ3) is 7.56. The van der Waals surface area contributed by atoms with Crippen molar-refractivity contribution in [2.75, 3.05) is 0 Å². The number of hydrogen-bond donors (Lipinski definition) is 1. The Kier molecular flexibility index (Phi) is 10.8. The van der Waals surface area contributed by atoms with E-state index in [1.54, 1.807) is 12.2 Å². The first-order valence-corrected chi connectivity index (χ1v) is 14.0. The molecule has 0 aromatic carbocycles. The minimum absolute atomic E-state index is 0.0667. The quantitative estimate of drug-likeness (QED) is 0.208. The van der Waals surface area contributed by atoms with E-state index < -0.39 is 0 Å². The Labute approximate surface area is 217 Å². The number of aliphatic hydroxyl groups excluding tert-OH is 1. The van der Waals surface area contributed by atoms with E-state index in [9.17, 15) is 9.90 Å². The van der Waals surface area contributed by atoms with Gasteiger partial charge in [-0.3, -0.25) is 4.79 Å². The van der Waals surface area contributed by atoms with Crippen LogP contribution in [0.1, 0.15) is 109 Å². The molecule has 0 radical (unpaired) electrons. The molecule has 1 aliphatic heterocycles. The van der Waals surface area contributed by atoms with E-state index in [1.807, 2.05) is 24.3 Å². The van der Waals surface area contributed by atoms with E-state index in [4.69, 9.17) is 9.15 Å². The molecule has 0 saturated heterocycles. The maximum atomic E-state index is 13.0. The first-order valence-electron chi connectivity index (χ1n) is 14.0. The molecular weight excluding hydrogens is 448 g/mol. The van der Waals surface area contributed by atoms with Crippen LogP contribution in [0.15, 0.2) is 68.8 Å². The highest BCUT2D eigenvalue weighted by Crippen LogP contribution is 2.34. The summed E-state index contributed by atoms with van der Waals surface area (Å²) >= 11 is 0. The van der Waals surface area contributed by atoms with Gasteiger partial charge in [0, 0.05) is 25.0 Å². The first-order chi connectivity index (χ1) is 17.5. The van der Waals surface area contributed by atoms with E-state index in [-0.39, 0.29) is 11.5 Å². The Morgan fingerprint density at radius 1 is 0.778 bits per heavy atom. The van der Waals surface area contributed by atoms with Crippen LogP contribution in [0, 0.1) is 0 Å². The predicted octanol–water partition coefficient (Wildman–Crippen LogP) is 9.13. The van der Waals surface area contributed by atoms with Gasteiger partial charge in [0.05, 0.1) is 24.0 Å². The van der Waals surface area contributed by atoms with E-state index in [0.29, 0.717) is 11.1 Å². The second kappa shape index (κ2) is 14.0. The van der Waals surface area contributed by atoms with Crippen LogP contribution in [-0.2, 0) is 22.4 Å². The fourth-order valence-corrected chi connectivity index (χ4v) is 4.39. The standard InChI is InChI=1S/C32H42O4/c1-5-9-13-25-17-23(18-26(35-25)14-10-6-2)21-29-31(33)30(32(29)34)22-24-19-27(15-11-7-3)36-28(20-24)16-12-8-4/h17-22H,5-16H2,1-4H3/p+1. The first kappa shape index (κ1) is 27.7. The van der Waals surface area contributed by atoms with Crippen molar-refractivity contribution in [3.05, 3.63) is 81.4 Å². The lowest BCUT2D eigenvalue weighted by Gasteiger charge is -2.21. The van der Waals surface area contributed by atoms with E-state index in [2.05, 4.69) is 27.7 Å². The molecule has 1 N–H and O–H groups in total. The molecule has 4 heteroatoms.